The first kappa shape index (κ1) is 25.6. The molecule has 2 aromatic carbocycles. The van der Waals surface area contributed by atoms with E-state index in [0.29, 0.717) is 22.5 Å². The van der Waals surface area contributed by atoms with Crippen LogP contribution < -0.4 is 15.7 Å². The van der Waals surface area contributed by atoms with E-state index in [-0.39, 0.29) is 22.9 Å². The molecular weight excluding hydrogens is 500 g/mol. The number of nitro benzene ring substituents is 1. The fourth-order valence-corrected chi connectivity index (χ4v) is 4.67. The van der Waals surface area contributed by atoms with Crippen molar-refractivity contribution in [3.05, 3.63) is 85.6 Å². The lowest BCUT2D eigenvalue weighted by Crippen LogP contribution is -2.30. The van der Waals surface area contributed by atoms with Gasteiger partial charge < -0.3 is 19.2 Å². The van der Waals surface area contributed by atoms with E-state index in [0.717, 1.165) is 22.3 Å². The molecule has 0 bridgehead atoms. The van der Waals surface area contributed by atoms with Gasteiger partial charge in [-0.25, -0.2) is 9.59 Å². The Morgan fingerprint density at radius 2 is 1.97 bits per heavy atom. The molecule has 0 saturated heterocycles. The van der Waals surface area contributed by atoms with Gasteiger partial charge in [-0.3, -0.25) is 14.9 Å². The molecule has 0 aliphatic carbocycles. The van der Waals surface area contributed by atoms with Crippen LogP contribution in [0.4, 0.5) is 10.7 Å². The molecule has 1 N–H and O–H groups in total. The van der Waals surface area contributed by atoms with Crippen LogP contribution in [0.5, 0.6) is 5.75 Å². The predicted molar refractivity (Wildman–Crippen MR) is 138 cm³/mol. The lowest BCUT2D eigenvalue weighted by molar-refractivity contribution is -0.384. The van der Waals surface area contributed by atoms with Gasteiger partial charge in [0.2, 0.25) is 0 Å². The quantitative estimate of drug-likeness (QED) is 0.142. The number of hydrogen-bond donors (Lipinski definition) is 1. The third kappa shape index (κ3) is 5.51. The smallest absolute Gasteiger partial charge is 0.341 e. The SMILES string of the molecule is CCOC(=O)c1c(-c2cccc([N+](=O)[O-])c2)csc1NC(=O)C(C)Oc1ccc2c(C)cc(=O)oc2c1. The molecule has 1 unspecified atom stereocenters. The number of rotatable bonds is 8. The number of aryl methyl sites for hydroxylation is 1. The second-order valence-corrected chi connectivity index (χ2v) is 8.92. The van der Waals surface area contributed by atoms with Crippen LogP contribution in [0.15, 0.2) is 63.1 Å². The molecule has 0 fully saturated rings. The largest absolute Gasteiger partial charge is 0.481 e. The number of thiophene rings is 1. The van der Waals surface area contributed by atoms with Crippen LogP contribution in [0, 0.1) is 17.0 Å². The number of nitro groups is 1. The van der Waals surface area contributed by atoms with E-state index in [2.05, 4.69) is 5.32 Å². The molecule has 0 aliphatic heterocycles. The summed E-state index contributed by atoms with van der Waals surface area (Å²) in [5, 5.41) is 16.5. The normalized spacial score (nSPS) is 11.6. The van der Waals surface area contributed by atoms with Crippen molar-refractivity contribution in [2.45, 2.75) is 26.9 Å². The summed E-state index contributed by atoms with van der Waals surface area (Å²) in [4.78, 5) is 48.1. The highest BCUT2D eigenvalue weighted by Gasteiger charge is 2.25. The summed E-state index contributed by atoms with van der Waals surface area (Å²) in [7, 11) is 0. The van der Waals surface area contributed by atoms with Gasteiger partial charge in [0.15, 0.2) is 6.10 Å². The Morgan fingerprint density at radius 3 is 2.70 bits per heavy atom. The second kappa shape index (κ2) is 10.6. The highest BCUT2D eigenvalue weighted by Crippen LogP contribution is 2.37. The Hall–Kier alpha value is -4.51. The maximum absolute atomic E-state index is 13.0. The predicted octanol–water partition coefficient (Wildman–Crippen LogP) is 5.32. The minimum absolute atomic E-state index is 0.0934. The number of carbonyl (C=O) groups is 2. The Morgan fingerprint density at radius 1 is 1.19 bits per heavy atom. The van der Waals surface area contributed by atoms with Crippen molar-refractivity contribution in [3.8, 4) is 16.9 Å². The molecule has 4 rings (SSSR count). The van der Waals surface area contributed by atoms with Crippen LogP contribution in [-0.2, 0) is 9.53 Å². The lowest BCUT2D eigenvalue weighted by Gasteiger charge is -2.15. The summed E-state index contributed by atoms with van der Waals surface area (Å²) in [5.74, 6) is -0.893. The zero-order valence-corrected chi connectivity index (χ0v) is 20.9. The van der Waals surface area contributed by atoms with Crippen LogP contribution in [0.1, 0.15) is 29.8 Å². The molecule has 0 aliphatic rings. The monoisotopic (exact) mass is 522 g/mol. The van der Waals surface area contributed by atoms with E-state index < -0.39 is 28.5 Å². The van der Waals surface area contributed by atoms with E-state index in [1.54, 1.807) is 37.4 Å². The number of nitrogens with one attached hydrogen (secondary N) is 1. The fourth-order valence-electron chi connectivity index (χ4n) is 3.71. The third-order valence-electron chi connectivity index (χ3n) is 5.48. The van der Waals surface area contributed by atoms with Gasteiger partial charge in [0.05, 0.1) is 11.5 Å². The number of anilines is 1. The number of nitrogens with zero attached hydrogens (tertiary/aromatic N) is 1. The van der Waals surface area contributed by atoms with Crippen molar-refractivity contribution < 1.29 is 28.4 Å². The molecule has 0 spiro atoms. The summed E-state index contributed by atoms with van der Waals surface area (Å²) in [5.41, 5.74) is 1.40. The first-order valence-corrected chi connectivity index (χ1v) is 12.1. The van der Waals surface area contributed by atoms with E-state index in [1.807, 2.05) is 0 Å². The molecule has 37 heavy (non-hydrogen) atoms. The van der Waals surface area contributed by atoms with Crippen molar-refractivity contribution in [2.24, 2.45) is 0 Å². The van der Waals surface area contributed by atoms with Gasteiger partial charge in [0.25, 0.3) is 11.6 Å². The molecule has 10 nitrogen and oxygen atoms in total. The second-order valence-electron chi connectivity index (χ2n) is 8.04. The van der Waals surface area contributed by atoms with Gasteiger partial charge in [-0.15, -0.1) is 11.3 Å². The maximum Gasteiger partial charge on any atom is 0.341 e. The molecule has 1 atom stereocenters. The lowest BCUT2D eigenvalue weighted by atomic mass is 10.0. The number of esters is 1. The van der Waals surface area contributed by atoms with E-state index in [1.165, 1.54) is 37.3 Å². The number of non-ortho nitro benzene ring substituents is 1. The van der Waals surface area contributed by atoms with E-state index >= 15 is 0 Å². The summed E-state index contributed by atoms with van der Waals surface area (Å²) in [6, 6.07) is 12.2. The zero-order chi connectivity index (χ0) is 26.7. The molecule has 0 radical (unpaired) electrons. The summed E-state index contributed by atoms with van der Waals surface area (Å²) in [6.45, 7) is 5.08. The fraction of sp³-hybridized carbons (Fsp3) is 0.192. The number of ether oxygens (including phenoxy) is 2. The topological polar surface area (TPSA) is 138 Å². The summed E-state index contributed by atoms with van der Waals surface area (Å²) >= 11 is 1.09. The molecule has 4 aromatic rings. The zero-order valence-electron chi connectivity index (χ0n) is 20.1. The molecule has 2 heterocycles. The molecule has 11 heteroatoms. The van der Waals surface area contributed by atoms with E-state index in [9.17, 15) is 24.5 Å². The minimum atomic E-state index is -0.979. The van der Waals surface area contributed by atoms with Crippen molar-refractivity contribution >= 4 is 44.9 Å². The highest BCUT2D eigenvalue weighted by atomic mass is 32.1. The standard InChI is InChI=1S/C26H22N2O8S/c1-4-34-26(31)23-20(16-6-5-7-17(11-16)28(32)33)13-37-25(23)27-24(30)15(3)35-18-8-9-19-14(2)10-22(29)36-21(19)12-18/h5-13,15H,4H2,1-3H3,(H,27,30). The minimum Gasteiger partial charge on any atom is -0.481 e. The van der Waals surface area contributed by atoms with Gasteiger partial charge in [-0.2, -0.15) is 0 Å². The van der Waals surface area contributed by atoms with Crippen molar-refractivity contribution in [1.29, 1.82) is 0 Å². The molecular formula is C26H22N2O8S. The van der Waals surface area contributed by atoms with Crippen molar-refractivity contribution in [2.75, 3.05) is 11.9 Å². The van der Waals surface area contributed by atoms with Gasteiger partial charge in [0.1, 0.15) is 21.9 Å². The molecule has 190 valence electrons. The molecule has 2 aromatic heterocycles. The third-order valence-corrected chi connectivity index (χ3v) is 6.38. The van der Waals surface area contributed by atoms with Crippen molar-refractivity contribution in [3.63, 3.8) is 0 Å². The van der Waals surface area contributed by atoms with Crippen molar-refractivity contribution in [1.82, 2.24) is 0 Å². The van der Waals surface area contributed by atoms with Crippen LogP contribution >= 0.6 is 11.3 Å². The van der Waals surface area contributed by atoms with E-state index in [4.69, 9.17) is 13.9 Å². The van der Waals surface area contributed by atoms with Gasteiger partial charge in [-0.05, 0) is 44.0 Å². The average Bonchev–Trinajstić information content (AvgIpc) is 3.27. The maximum atomic E-state index is 13.0. The number of fused-ring (bicyclic) bond motifs is 1. The first-order chi connectivity index (χ1) is 17.7. The Labute approximate surface area is 214 Å². The van der Waals surface area contributed by atoms with Crippen LogP contribution in [0.2, 0.25) is 0 Å². The van der Waals surface area contributed by atoms with Gasteiger partial charge >= 0.3 is 11.6 Å². The number of hydrogen-bond acceptors (Lipinski definition) is 9. The van der Waals surface area contributed by atoms with Crippen LogP contribution in [0.3, 0.4) is 0 Å². The first-order valence-electron chi connectivity index (χ1n) is 11.2. The molecule has 1 amide bonds. The Balaban J connectivity index is 1.59. The van der Waals surface area contributed by atoms with Crippen LogP contribution in [-0.4, -0.2) is 29.5 Å². The number of amides is 1. The van der Waals surface area contributed by atoms with Gasteiger partial charge in [0, 0.05) is 40.6 Å². The van der Waals surface area contributed by atoms with Crippen LogP contribution in [0.25, 0.3) is 22.1 Å². The van der Waals surface area contributed by atoms with Gasteiger partial charge in [-0.1, -0.05) is 12.1 Å². The molecule has 0 saturated carbocycles. The summed E-state index contributed by atoms with van der Waals surface area (Å²) < 4.78 is 16.2. The summed E-state index contributed by atoms with van der Waals surface area (Å²) in [6.07, 6.45) is -0.979. The number of benzene rings is 2. The Kier molecular flexibility index (Phi) is 7.35. The Bertz CT molecular complexity index is 1570. The number of carbonyl (C=O) groups excluding carboxylic acids is 2. The highest BCUT2D eigenvalue weighted by molar-refractivity contribution is 7.15. The average molecular weight is 523 g/mol.